The molecule has 0 fully saturated rings. The molecule has 0 bridgehead atoms. The van der Waals surface area contributed by atoms with Gasteiger partial charge in [-0.1, -0.05) is 24.3 Å². The van der Waals surface area contributed by atoms with Gasteiger partial charge in [-0.15, -0.1) is 0 Å². The number of carbonyl (C=O) groups is 2. The van der Waals surface area contributed by atoms with Crippen molar-refractivity contribution in [1.29, 1.82) is 0 Å². The molecule has 1 aliphatic rings. The summed E-state index contributed by atoms with van der Waals surface area (Å²) in [7, 11) is 0. The van der Waals surface area contributed by atoms with Crippen molar-refractivity contribution < 1.29 is 37.5 Å². The molecule has 0 aliphatic carbocycles. The summed E-state index contributed by atoms with van der Waals surface area (Å²) >= 11 is 0. The van der Waals surface area contributed by atoms with Gasteiger partial charge >= 0.3 is 6.09 Å². The Bertz CT molecular complexity index is 904. The molecule has 1 atom stereocenters. The average molecular weight is 450 g/mol. The highest BCUT2D eigenvalue weighted by Gasteiger charge is 2.31. The molecule has 8 heteroatoms. The predicted molar refractivity (Wildman–Crippen MR) is 118 cm³/mol. The van der Waals surface area contributed by atoms with E-state index in [9.17, 15) is 9.59 Å². The van der Waals surface area contributed by atoms with Crippen LogP contribution in [0.4, 0.5) is 21.9 Å². The molecule has 3 rings (SSSR count). The third-order valence-electron chi connectivity index (χ3n) is 5.03. The van der Waals surface area contributed by atoms with Crippen LogP contribution in [0, 0.1) is 0 Å². The van der Waals surface area contributed by atoms with Crippen LogP contribution in [0.15, 0.2) is 42.5 Å². The van der Waals surface area contributed by atoms with Crippen molar-refractivity contribution in [1.82, 2.24) is 0 Å². The van der Waals surface area contributed by atoms with E-state index in [2.05, 4.69) is 30.5 Å². The molecule has 7 nitrogen and oxygen atoms in total. The zero-order chi connectivity index (χ0) is 21.0. The SMILES string of the molecule is CCOC(=O)Nc1ccc2c(c1)N(C(=O)C(C)[NH2+]C(C)C)c1ccccc1CC2.O.[Cl-]. The van der Waals surface area contributed by atoms with E-state index in [1.54, 1.807) is 6.92 Å². The number of halogens is 1. The maximum Gasteiger partial charge on any atom is 0.411 e. The minimum atomic E-state index is -0.499. The van der Waals surface area contributed by atoms with Gasteiger partial charge in [0.05, 0.1) is 24.0 Å². The summed E-state index contributed by atoms with van der Waals surface area (Å²) < 4.78 is 4.99. The molecule has 0 radical (unpaired) electrons. The van der Waals surface area contributed by atoms with E-state index < -0.39 is 6.09 Å². The lowest BCUT2D eigenvalue weighted by Crippen LogP contribution is -3.00. The molecular formula is C23H32ClN3O4. The zero-order valence-electron chi connectivity index (χ0n) is 18.4. The van der Waals surface area contributed by atoms with Gasteiger partial charge < -0.3 is 27.9 Å². The number of ether oxygens (including phenoxy) is 1. The first-order chi connectivity index (χ1) is 13.9. The molecule has 2 aromatic rings. The Morgan fingerprint density at radius 1 is 1.06 bits per heavy atom. The van der Waals surface area contributed by atoms with Gasteiger partial charge in [-0.05, 0) is 69.9 Å². The maximum atomic E-state index is 13.5. The van der Waals surface area contributed by atoms with Crippen LogP contribution in [-0.2, 0) is 22.4 Å². The fourth-order valence-corrected chi connectivity index (χ4v) is 3.79. The first kappa shape index (κ1) is 26.4. The van der Waals surface area contributed by atoms with Crippen molar-refractivity contribution in [2.45, 2.75) is 52.6 Å². The Kier molecular flexibility index (Phi) is 9.97. The average Bonchev–Trinajstić information content (AvgIpc) is 2.83. The number of quaternary nitrogens is 1. The number of nitrogens with zero attached hydrogens (tertiary/aromatic N) is 1. The predicted octanol–water partition coefficient (Wildman–Crippen LogP) is -0.442. The third-order valence-corrected chi connectivity index (χ3v) is 5.03. The Hall–Kier alpha value is -2.61. The minimum Gasteiger partial charge on any atom is -1.00 e. The van der Waals surface area contributed by atoms with Gasteiger partial charge in [0.2, 0.25) is 0 Å². The summed E-state index contributed by atoms with van der Waals surface area (Å²) in [6, 6.07) is 13.8. The number of nitrogens with one attached hydrogen (secondary N) is 1. The molecule has 1 unspecified atom stereocenters. The summed E-state index contributed by atoms with van der Waals surface area (Å²) in [4.78, 5) is 27.2. The van der Waals surface area contributed by atoms with E-state index in [0.717, 1.165) is 35.3 Å². The van der Waals surface area contributed by atoms with Crippen LogP contribution < -0.4 is 27.9 Å². The summed E-state index contributed by atoms with van der Waals surface area (Å²) in [6.07, 6.45) is 1.19. The van der Waals surface area contributed by atoms with E-state index in [0.29, 0.717) is 18.3 Å². The van der Waals surface area contributed by atoms with Gasteiger partial charge in [0.25, 0.3) is 5.91 Å². The van der Waals surface area contributed by atoms with Crippen LogP contribution in [0.1, 0.15) is 38.8 Å². The highest BCUT2D eigenvalue weighted by atomic mass is 35.5. The highest BCUT2D eigenvalue weighted by Crippen LogP contribution is 2.37. The van der Waals surface area contributed by atoms with E-state index in [1.807, 2.05) is 48.2 Å². The van der Waals surface area contributed by atoms with Crippen LogP contribution in [0.3, 0.4) is 0 Å². The van der Waals surface area contributed by atoms with Crippen molar-refractivity contribution in [2.75, 3.05) is 16.8 Å². The van der Waals surface area contributed by atoms with Gasteiger partial charge in [0.15, 0.2) is 6.04 Å². The summed E-state index contributed by atoms with van der Waals surface area (Å²) in [5, 5.41) is 4.82. The van der Waals surface area contributed by atoms with E-state index in [-0.39, 0.29) is 29.8 Å². The molecule has 31 heavy (non-hydrogen) atoms. The first-order valence-electron chi connectivity index (χ1n) is 10.2. The normalized spacial score (nSPS) is 13.0. The fraction of sp³-hybridized carbons (Fsp3) is 0.391. The van der Waals surface area contributed by atoms with Crippen LogP contribution in [0.25, 0.3) is 0 Å². The number of para-hydroxylation sites is 1. The second kappa shape index (κ2) is 11.7. The Labute approximate surface area is 189 Å². The number of hydrogen-bond donors (Lipinski definition) is 2. The molecule has 2 aromatic carbocycles. The van der Waals surface area contributed by atoms with Crippen molar-refractivity contribution >= 4 is 29.1 Å². The number of amides is 2. The number of rotatable bonds is 5. The lowest BCUT2D eigenvalue weighted by molar-refractivity contribution is -0.700. The van der Waals surface area contributed by atoms with Gasteiger partial charge in [0, 0.05) is 5.69 Å². The monoisotopic (exact) mass is 449 g/mol. The Morgan fingerprint density at radius 2 is 1.71 bits per heavy atom. The topological polar surface area (TPSA) is 107 Å². The van der Waals surface area contributed by atoms with Crippen molar-refractivity contribution in [3.05, 3.63) is 53.6 Å². The van der Waals surface area contributed by atoms with E-state index in [1.165, 1.54) is 0 Å². The quantitative estimate of drug-likeness (QED) is 0.646. The molecule has 170 valence electrons. The van der Waals surface area contributed by atoms with Crippen molar-refractivity contribution in [2.24, 2.45) is 0 Å². The first-order valence-corrected chi connectivity index (χ1v) is 10.2. The van der Waals surface area contributed by atoms with Crippen molar-refractivity contribution in [3.8, 4) is 0 Å². The Balaban J connectivity index is 0.00000240. The van der Waals surface area contributed by atoms with Gasteiger partial charge in [0.1, 0.15) is 0 Å². The molecule has 1 heterocycles. The standard InChI is InChI=1S/C23H29N3O3.ClH.H2O/c1-5-29-23(28)25-19-13-12-18-11-10-17-8-6-7-9-20(17)26(21(18)14-19)22(27)16(4)24-15(2)3;;/h6-9,12-16,24H,5,10-11H2,1-4H3,(H,25,28);1H;1H2. The zero-order valence-corrected chi connectivity index (χ0v) is 19.2. The smallest absolute Gasteiger partial charge is 0.411 e. The number of aryl methyl sites for hydroxylation is 2. The number of benzene rings is 2. The van der Waals surface area contributed by atoms with Crippen LogP contribution in [0.5, 0.6) is 0 Å². The van der Waals surface area contributed by atoms with Gasteiger partial charge in [-0.2, -0.15) is 0 Å². The summed E-state index contributed by atoms with van der Waals surface area (Å²) in [5.41, 5.74) is 4.57. The molecule has 0 spiro atoms. The largest absolute Gasteiger partial charge is 1.00 e. The van der Waals surface area contributed by atoms with Gasteiger partial charge in [-0.25, -0.2) is 4.79 Å². The lowest BCUT2D eigenvalue weighted by Gasteiger charge is -2.27. The van der Waals surface area contributed by atoms with E-state index >= 15 is 0 Å². The van der Waals surface area contributed by atoms with Crippen molar-refractivity contribution in [3.63, 3.8) is 0 Å². The number of carbonyl (C=O) groups excluding carboxylic acids is 2. The number of fused-ring (bicyclic) bond motifs is 2. The van der Waals surface area contributed by atoms with Crippen LogP contribution >= 0.6 is 0 Å². The molecule has 0 saturated carbocycles. The molecule has 1 aliphatic heterocycles. The summed E-state index contributed by atoms with van der Waals surface area (Å²) in [6.45, 7) is 8.17. The second-order valence-corrected chi connectivity index (χ2v) is 7.72. The highest BCUT2D eigenvalue weighted by molar-refractivity contribution is 6.05. The molecule has 5 N–H and O–H groups in total. The Morgan fingerprint density at radius 3 is 2.35 bits per heavy atom. The van der Waals surface area contributed by atoms with Crippen LogP contribution in [-0.4, -0.2) is 36.2 Å². The molecular weight excluding hydrogens is 418 g/mol. The van der Waals surface area contributed by atoms with E-state index in [4.69, 9.17) is 4.74 Å². The number of hydrogen-bond acceptors (Lipinski definition) is 3. The molecule has 2 amide bonds. The number of anilines is 3. The lowest BCUT2D eigenvalue weighted by atomic mass is 10.0. The third kappa shape index (κ3) is 6.19. The second-order valence-electron chi connectivity index (χ2n) is 7.72. The minimum absolute atomic E-state index is 0. The molecule has 0 saturated heterocycles. The maximum absolute atomic E-state index is 13.5. The number of nitrogens with two attached hydrogens (primary N) is 1. The fourth-order valence-electron chi connectivity index (χ4n) is 3.79. The summed E-state index contributed by atoms with van der Waals surface area (Å²) in [5.74, 6) is 0.0302. The van der Waals surface area contributed by atoms with Crippen LogP contribution in [0.2, 0.25) is 0 Å². The molecule has 0 aromatic heterocycles. The van der Waals surface area contributed by atoms with Gasteiger partial charge in [-0.3, -0.25) is 15.0 Å².